The highest BCUT2D eigenvalue weighted by molar-refractivity contribution is 8.00. The number of hydrogen-bond donors (Lipinski definition) is 4. The minimum absolute atomic E-state index is 0.0521. The van der Waals surface area contributed by atoms with E-state index in [4.69, 9.17) is 33.8 Å². The van der Waals surface area contributed by atoms with E-state index in [0.29, 0.717) is 5.57 Å². The number of thioether (sulfide) groups is 1. The summed E-state index contributed by atoms with van der Waals surface area (Å²) in [6, 6.07) is 11.7. The van der Waals surface area contributed by atoms with E-state index in [9.17, 15) is 29.7 Å². The topological polar surface area (TPSA) is 194 Å². The van der Waals surface area contributed by atoms with Crippen LogP contribution in [0.2, 0.25) is 10.0 Å². The van der Waals surface area contributed by atoms with Gasteiger partial charge in [0.1, 0.15) is 23.7 Å². The van der Waals surface area contributed by atoms with Gasteiger partial charge in [0.2, 0.25) is 5.52 Å². The fraction of sp³-hybridized carbons (Fsp3) is 0.133. The van der Waals surface area contributed by atoms with Crippen molar-refractivity contribution in [3.63, 3.8) is 0 Å². The summed E-state index contributed by atoms with van der Waals surface area (Å²) in [5.41, 5.74) is 6.63. The number of nitrogens with zero attached hydrogens (tertiary/aromatic N) is 4. The number of carbonyl (C=O) groups is 3. The van der Waals surface area contributed by atoms with E-state index in [2.05, 4.69) is 15.5 Å². The maximum atomic E-state index is 13.4. The minimum atomic E-state index is -1.52. The first-order chi connectivity index (χ1) is 22.5. The molecule has 2 aromatic heterocycles. The summed E-state index contributed by atoms with van der Waals surface area (Å²) in [5.74, 6) is -4.06. The number of benzene rings is 2. The third-order valence-electron chi connectivity index (χ3n) is 7.25. The van der Waals surface area contributed by atoms with E-state index in [1.165, 1.54) is 23.2 Å². The Morgan fingerprint density at radius 2 is 2.00 bits per heavy atom. The molecule has 47 heavy (non-hydrogen) atoms. The molecule has 0 bridgehead atoms. The number of amides is 2. The third-order valence-corrected chi connectivity index (χ3v) is 9.93. The second-order valence-electron chi connectivity index (χ2n) is 10.1. The molecule has 1 fully saturated rings. The maximum absolute atomic E-state index is 13.4. The maximum Gasteiger partial charge on any atom is 0.276 e. The highest BCUT2D eigenvalue weighted by Crippen LogP contribution is 2.42. The molecule has 17 heteroatoms. The zero-order chi connectivity index (χ0) is 33.4. The largest absolute Gasteiger partial charge is 0.543 e. The molecule has 6 rings (SSSR count). The number of thiazole rings is 1. The van der Waals surface area contributed by atoms with Gasteiger partial charge in [-0.05, 0) is 23.8 Å². The molecule has 0 saturated carbocycles. The third kappa shape index (κ3) is 6.17. The number of aromatic nitrogens is 2. The number of nitrogen functional groups attached to an aromatic ring is 1. The highest BCUT2D eigenvalue weighted by Gasteiger charge is 2.53. The molecule has 2 aromatic carbocycles. The lowest BCUT2D eigenvalue weighted by Crippen LogP contribution is -2.71. The van der Waals surface area contributed by atoms with Crippen LogP contribution in [0.3, 0.4) is 0 Å². The predicted octanol–water partition coefficient (Wildman–Crippen LogP) is 2.38. The number of aliphatic carboxylic acids is 1. The first-order valence-electron chi connectivity index (χ1n) is 13.6. The minimum Gasteiger partial charge on any atom is -0.543 e. The van der Waals surface area contributed by atoms with Crippen LogP contribution >= 0.6 is 46.3 Å². The molecular weight excluding hydrogens is 691 g/mol. The lowest BCUT2D eigenvalue weighted by atomic mass is 10.0. The van der Waals surface area contributed by atoms with Gasteiger partial charge in [-0.2, -0.15) is 4.57 Å². The van der Waals surface area contributed by atoms with Crippen molar-refractivity contribution in [2.75, 3.05) is 11.5 Å². The van der Waals surface area contributed by atoms with E-state index in [-0.39, 0.29) is 50.2 Å². The Labute approximate surface area is 284 Å². The number of nitrogens with one attached hydrogen (secondary N) is 1. The Bertz CT molecular complexity index is 2040. The van der Waals surface area contributed by atoms with Crippen LogP contribution < -0.4 is 20.7 Å². The summed E-state index contributed by atoms with van der Waals surface area (Å²) in [4.78, 5) is 49.5. The SMILES string of the molecule is Nc1nc(/C(=N/OCc2cc(Cl)c(O)c(O)c2Cl)C(=O)N[C@@H]2C(=O)N3C(C(=O)[O-])=C(/C=C/[n+]4cccc5ccccc54)CS[C@H]23)cs1. The first kappa shape index (κ1) is 32.1. The smallest absolute Gasteiger partial charge is 0.276 e. The molecule has 2 amide bonds. The molecule has 0 radical (unpaired) electrons. The van der Waals surface area contributed by atoms with Crippen molar-refractivity contribution in [1.82, 2.24) is 15.2 Å². The number of pyridine rings is 1. The number of fused-ring (bicyclic) bond motifs is 2. The van der Waals surface area contributed by atoms with Gasteiger partial charge in [-0.3, -0.25) is 14.5 Å². The number of anilines is 1. The number of hydrogen-bond acceptors (Lipinski definition) is 12. The summed E-state index contributed by atoms with van der Waals surface area (Å²) in [6.45, 7) is -0.371. The number of β-lactam (4-membered cyclic amide) rings is 1. The van der Waals surface area contributed by atoms with Gasteiger partial charge in [-0.1, -0.05) is 40.5 Å². The average Bonchev–Trinajstić information content (AvgIpc) is 3.50. The quantitative estimate of drug-likeness (QED) is 0.0658. The van der Waals surface area contributed by atoms with Crippen LogP contribution in [0.25, 0.3) is 17.1 Å². The molecule has 0 spiro atoms. The Morgan fingerprint density at radius 3 is 2.74 bits per heavy atom. The van der Waals surface area contributed by atoms with Crippen LogP contribution in [0.15, 0.2) is 76.5 Å². The second-order valence-corrected chi connectivity index (χ2v) is 12.9. The van der Waals surface area contributed by atoms with Crippen molar-refractivity contribution < 1.29 is 39.1 Å². The van der Waals surface area contributed by atoms with Gasteiger partial charge >= 0.3 is 0 Å². The first-order valence-corrected chi connectivity index (χ1v) is 16.3. The molecule has 0 aliphatic carbocycles. The molecule has 240 valence electrons. The van der Waals surface area contributed by atoms with Crippen LogP contribution in [0, 0.1) is 0 Å². The Hall–Kier alpha value is -4.83. The average molecular weight is 714 g/mol. The van der Waals surface area contributed by atoms with Crippen molar-refractivity contribution in [3.05, 3.63) is 92.7 Å². The monoisotopic (exact) mass is 712 g/mol. The number of phenolic OH excluding ortho intramolecular Hbond substituents is 2. The zero-order valence-corrected chi connectivity index (χ0v) is 26.9. The van der Waals surface area contributed by atoms with Crippen LogP contribution in [0.1, 0.15) is 11.3 Å². The van der Waals surface area contributed by atoms with Gasteiger partial charge in [-0.15, -0.1) is 23.1 Å². The van der Waals surface area contributed by atoms with Crippen LogP contribution in [0.4, 0.5) is 5.13 Å². The number of carbonyl (C=O) groups excluding carboxylic acids is 3. The standard InChI is InChI=1S/C30H22Cl2N6O7S2/c31-17-10-16(20(32)25(40)24(17)39)11-45-36-21(18-13-47-30(33)34-18)26(41)35-22-27(42)38-23(29(43)44)15(12-46-28(22)38)7-9-37-8-3-5-14-4-1-2-6-19(14)37/h1-10,13,22,28H,11-12H2,(H5-,33,34,35,36,39,40,41,43,44)/b9-7+/t22-,28-/m1/s1. The number of halogens is 2. The van der Waals surface area contributed by atoms with Crippen LogP contribution in [-0.2, 0) is 25.8 Å². The molecular formula is C30H22Cl2N6O7S2. The summed E-state index contributed by atoms with van der Waals surface area (Å²) < 4.78 is 1.84. The second kappa shape index (κ2) is 13.1. The fourth-order valence-electron chi connectivity index (χ4n) is 4.98. The number of carboxylic acid groups (broad SMARTS) is 1. The molecule has 2 atom stereocenters. The number of nitrogens with two attached hydrogens (primary N) is 1. The number of aromatic hydroxyl groups is 2. The van der Waals surface area contributed by atoms with Crippen molar-refractivity contribution in [3.8, 4) is 11.5 Å². The highest BCUT2D eigenvalue weighted by atomic mass is 35.5. The summed E-state index contributed by atoms with van der Waals surface area (Å²) in [5, 5.41) is 39.9. The lowest BCUT2D eigenvalue weighted by molar-refractivity contribution is -0.538. The van der Waals surface area contributed by atoms with Gasteiger partial charge in [-0.25, -0.2) is 4.98 Å². The normalized spacial score (nSPS) is 18.0. The van der Waals surface area contributed by atoms with Crippen molar-refractivity contribution in [1.29, 1.82) is 0 Å². The van der Waals surface area contributed by atoms with Gasteiger partial charge in [0.15, 0.2) is 34.7 Å². The summed E-state index contributed by atoms with van der Waals surface area (Å²) in [6.07, 6.45) is 5.17. The molecule has 0 unspecified atom stereocenters. The molecule has 13 nitrogen and oxygen atoms in total. The summed E-state index contributed by atoms with van der Waals surface area (Å²) in [7, 11) is 0. The number of carboxylic acids is 1. The fourth-order valence-corrected chi connectivity index (χ4v) is 7.27. The van der Waals surface area contributed by atoms with Crippen molar-refractivity contribution in [2.45, 2.75) is 18.0 Å². The molecule has 1 saturated heterocycles. The van der Waals surface area contributed by atoms with Gasteiger partial charge < -0.3 is 36.0 Å². The number of allylic oxidation sites excluding steroid dienone is 1. The van der Waals surface area contributed by atoms with E-state index in [1.807, 2.05) is 47.2 Å². The lowest BCUT2D eigenvalue weighted by Gasteiger charge is -2.50. The number of para-hydroxylation sites is 1. The number of oxime groups is 1. The van der Waals surface area contributed by atoms with Crippen LogP contribution in [0.5, 0.6) is 11.5 Å². The van der Waals surface area contributed by atoms with Gasteiger partial charge in [0.05, 0.1) is 21.7 Å². The number of rotatable bonds is 9. The Morgan fingerprint density at radius 1 is 1.23 bits per heavy atom. The molecule has 2 aliphatic heterocycles. The van der Waals surface area contributed by atoms with E-state index < -0.39 is 40.7 Å². The van der Waals surface area contributed by atoms with E-state index in [1.54, 1.807) is 12.3 Å². The molecule has 2 aliphatic rings. The van der Waals surface area contributed by atoms with Gasteiger partial charge in [0.25, 0.3) is 11.8 Å². The van der Waals surface area contributed by atoms with Gasteiger partial charge in [0, 0.05) is 40.3 Å². The predicted molar refractivity (Wildman–Crippen MR) is 174 cm³/mol. The van der Waals surface area contributed by atoms with Crippen LogP contribution in [-0.4, -0.2) is 60.8 Å². The van der Waals surface area contributed by atoms with Crippen molar-refractivity contribution >= 4 is 92.0 Å². The van der Waals surface area contributed by atoms with E-state index >= 15 is 0 Å². The van der Waals surface area contributed by atoms with Crippen molar-refractivity contribution in [2.24, 2.45) is 5.16 Å². The summed E-state index contributed by atoms with van der Waals surface area (Å²) >= 11 is 14.3. The Kier molecular flexibility index (Phi) is 8.96. The number of phenols is 2. The molecule has 4 aromatic rings. The zero-order valence-electron chi connectivity index (χ0n) is 23.8. The Balaban J connectivity index is 1.21. The molecule has 5 N–H and O–H groups in total. The molecule has 4 heterocycles. The van der Waals surface area contributed by atoms with E-state index in [0.717, 1.165) is 27.1 Å².